The Hall–Kier alpha value is -3.00. The lowest BCUT2D eigenvalue weighted by Gasteiger charge is -2.22. The van der Waals surface area contributed by atoms with Crippen LogP contribution in [0.5, 0.6) is 5.75 Å². The molecule has 28 heavy (non-hydrogen) atoms. The Bertz CT molecular complexity index is 1020. The van der Waals surface area contributed by atoms with Crippen molar-refractivity contribution in [2.24, 2.45) is 0 Å². The summed E-state index contributed by atoms with van der Waals surface area (Å²) in [4.78, 5) is 14.7. The van der Waals surface area contributed by atoms with Crippen LogP contribution >= 0.6 is 11.8 Å². The van der Waals surface area contributed by atoms with Crippen molar-refractivity contribution in [3.63, 3.8) is 0 Å². The Morgan fingerprint density at radius 2 is 1.96 bits per heavy atom. The normalized spacial score (nSPS) is 15.5. The first-order valence-corrected chi connectivity index (χ1v) is 9.95. The van der Waals surface area contributed by atoms with Gasteiger partial charge in [-0.1, -0.05) is 42.1 Å². The molecule has 0 saturated carbocycles. The Labute approximate surface area is 167 Å². The molecular weight excluding hydrogens is 374 g/mol. The fraction of sp³-hybridized carbons (Fsp3) is 0.250. The molecule has 1 atom stereocenters. The largest absolute Gasteiger partial charge is 0.496 e. The van der Waals surface area contributed by atoms with Gasteiger partial charge in [-0.25, -0.2) is 4.68 Å². The zero-order chi connectivity index (χ0) is 19.7. The van der Waals surface area contributed by atoms with Crippen LogP contribution in [0, 0.1) is 0 Å². The Balaban J connectivity index is 1.51. The molecule has 0 spiro atoms. The highest BCUT2D eigenvalue weighted by Gasteiger charge is 2.30. The first kappa shape index (κ1) is 18.4. The fourth-order valence-corrected chi connectivity index (χ4v) is 4.25. The average Bonchev–Trinajstić information content (AvgIpc) is 3.24. The Morgan fingerprint density at radius 3 is 2.79 bits per heavy atom. The van der Waals surface area contributed by atoms with E-state index in [1.165, 1.54) is 22.0 Å². The molecule has 0 fully saturated rings. The highest BCUT2D eigenvalue weighted by Crippen LogP contribution is 2.33. The van der Waals surface area contributed by atoms with Gasteiger partial charge in [0.2, 0.25) is 11.1 Å². The van der Waals surface area contributed by atoms with E-state index in [4.69, 9.17) is 10.6 Å². The summed E-state index contributed by atoms with van der Waals surface area (Å²) in [6.07, 6.45) is 0.873. The fourth-order valence-electron chi connectivity index (χ4n) is 3.53. The minimum Gasteiger partial charge on any atom is -0.496 e. The van der Waals surface area contributed by atoms with E-state index in [1.807, 2.05) is 47.4 Å². The molecular formula is C20H21N5O2S. The van der Waals surface area contributed by atoms with Gasteiger partial charge in [0, 0.05) is 11.7 Å². The summed E-state index contributed by atoms with van der Waals surface area (Å²) in [5.74, 6) is 7.62. The third-order valence-corrected chi connectivity index (χ3v) is 5.74. The van der Waals surface area contributed by atoms with Gasteiger partial charge in [-0.3, -0.25) is 4.79 Å². The van der Waals surface area contributed by atoms with E-state index in [0.717, 1.165) is 17.7 Å². The highest BCUT2D eigenvalue weighted by atomic mass is 32.2. The number of benzene rings is 2. The van der Waals surface area contributed by atoms with Crippen LogP contribution in [-0.2, 0) is 11.2 Å². The zero-order valence-corrected chi connectivity index (χ0v) is 16.5. The van der Waals surface area contributed by atoms with Crippen molar-refractivity contribution in [2.45, 2.75) is 24.5 Å². The lowest BCUT2D eigenvalue weighted by Crippen LogP contribution is -2.37. The van der Waals surface area contributed by atoms with E-state index in [-0.39, 0.29) is 17.7 Å². The quantitative estimate of drug-likeness (QED) is 0.528. The standard InChI is InChI=1S/C20H21N5O2S/c1-13-11-14-7-3-5-9-16(14)24(13)18(26)12-28-20-23-22-19(25(20)21)15-8-4-6-10-17(15)27-2/h3-10,13H,11-12,21H2,1-2H3/t13-/m1/s1. The van der Waals surface area contributed by atoms with Gasteiger partial charge in [0.25, 0.3) is 0 Å². The monoisotopic (exact) mass is 395 g/mol. The topological polar surface area (TPSA) is 86.3 Å². The number of nitrogens with two attached hydrogens (primary N) is 1. The molecule has 2 N–H and O–H groups in total. The number of amides is 1. The first-order chi connectivity index (χ1) is 13.6. The van der Waals surface area contributed by atoms with Gasteiger partial charge in [-0.15, -0.1) is 10.2 Å². The zero-order valence-electron chi connectivity index (χ0n) is 15.7. The highest BCUT2D eigenvalue weighted by molar-refractivity contribution is 7.99. The summed E-state index contributed by atoms with van der Waals surface area (Å²) in [6.45, 7) is 2.06. The molecule has 0 unspecified atom stereocenters. The van der Waals surface area contributed by atoms with Gasteiger partial charge in [0.1, 0.15) is 5.75 Å². The summed E-state index contributed by atoms with van der Waals surface area (Å²) >= 11 is 1.28. The number of nitrogens with zero attached hydrogens (tertiary/aromatic N) is 4. The minimum absolute atomic E-state index is 0.0318. The number of rotatable bonds is 5. The molecule has 0 saturated heterocycles. The van der Waals surface area contributed by atoms with Crippen molar-refractivity contribution in [1.82, 2.24) is 14.9 Å². The maximum Gasteiger partial charge on any atom is 0.237 e. The van der Waals surface area contributed by atoms with Crippen LogP contribution in [0.2, 0.25) is 0 Å². The maximum absolute atomic E-state index is 12.9. The number of ether oxygens (including phenoxy) is 1. The number of aromatic nitrogens is 3. The maximum atomic E-state index is 12.9. The Morgan fingerprint density at radius 1 is 1.21 bits per heavy atom. The number of nitrogen functional groups attached to an aromatic ring is 1. The molecule has 4 rings (SSSR count). The molecule has 0 bridgehead atoms. The van der Waals surface area contributed by atoms with E-state index in [0.29, 0.717) is 16.7 Å². The van der Waals surface area contributed by atoms with Crippen molar-refractivity contribution in [2.75, 3.05) is 23.6 Å². The van der Waals surface area contributed by atoms with Crippen molar-refractivity contribution in [3.8, 4) is 17.1 Å². The van der Waals surface area contributed by atoms with Gasteiger partial charge in [-0.05, 0) is 37.1 Å². The number of fused-ring (bicyclic) bond motifs is 1. The third-order valence-electron chi connectivity index (χ3n) is 4.81. The molecule has 1 aliphatic heterocycles. The summed E-state index contributed by atoms with van der Waals surface area (Å²) in [5, 5.41) is 8.82. The number of hydrogen-bond acceptors (Lipinski definition) is 6. The minimum atomic E-state index is 0.0318. The molecule has 144 valence electrons. The second kappa shape index (κ2) is 7.55. The number of thioether (sulfide) groups is 1. The molecule has 2 aromatic carbocycles. The Kier molecular flexibility index (Phi) is 4.95. The molecule has 8 heteroatoms. The van der Waals surface area contributed by atoms with E-state index in [1.54, 1.807) is 7.11 Å². The molecule has 1 aliphatic rings. The molecule has 1 aromatic heterocycles. The summed E-state index contributed by atoms with van der Waals surface area (Å²) < 4.78 is 6.77. The van der Waals surface area contributed by atoms with Crippen LogP contribution in [0.15, 0.2) is 53.7 Å². The van der Waals surface area contributed by atoms with Gasteiger partial charge < -0.3 is 15.5 Å². The van der Waals surface area contributed by atoms with Crippen molar-refractivity contribution in [1.29, 1.82) is 0 Å². The van der Waals surface area contributed by atoms with Crippen molar-refractivity contribution >= 4 is 23.4 Å². The molecule has 7 nitrogen and oxygen atoms in total. The van der Waals surface area contributed by atoms with Crippen LogP contribution in [0.3, 0.4) is 0 Å². The van der Waals surface area contributed by atoms with Crippen molar-refractivity contribution in [3.05, 3.63) is 54.1 Å². The smallest absolute Gasteiger partial charge is 0.237 e. The van der Waals surface area contributed by atoms with E-state index >= 15 is 0 Å². The van der Waals surface area contributed by atoms with E-state index in [2.05, 4.69) is 23.2 Å². The summed E-state index contributed by atoms with van der Waals surface area (Å²) in [5.41, 5.74) is 2.94. The van der Waals surface area contributed by atoms with Gasteiger partial charge in [0.05, 0.1) is 18.4 Å². The molecule has 3 aromatic rings. The van der Waals surface area contributed by atoms with Crippen LogP contribution in [0.1, 0.15) is 12.5 Å². The molecule has 0 radical (unpaired) electrons. The van der Waals surface area contributed by atoms with Gasteiger partial charge >= 0.3 is 0 Å². The molecule has 2 heterocycles. The van der Waals surface area contributed by atoms with E-state index < -0.39 is 0 Å². The first-order valence-electron chi connectivity index (χ1n) is 8.96. The number of methoxy groups -OCH3 is 1. The number of carbonyl (C=O) groups excluding carboxylic acids is 1. The number of anilines is 1. The summed E-state index contributed by atoms with van der Waals surface area (Å²) in [7, 11) is 1.60. The number of carbonyl (C=O) groups is 1. The molecule has 1 amide bonds. The lowest BCUT2D eigenvalue weighted by atomic mass is 10.1. The molecule has 0 aliphatic carbocycles. The average molecular weight is 395 g/mol. The van der Waals surface area contributed by atoms with Crippen LogP contribution < -0.4 is 15.5 Å². The van der Waals surface area contributed by atoms with Gasteiger partial charge in [0.15, 0.2) is 5.82 Å². The lowest BCUT2D eigenvalue weighted by molar-refractivity contribution is -0.116. The SMILES string of the molecule is COc1ccccc1-c1nnc(SCC(=O)N2c3ccccc3C[C@H]2C)n1N. The van der Waals surface area contributed by atoms with Crippen molar-refractivity contribution < 1.29 is 9.53 Å². The van der Waals surface area contributed by atoms with Crippen LogP contribution in [0.4, 0.5) is 5.69 Å². The number of para-hydroxylation sites is 2. The second-order valence-electron chi connectivity index (χ2n) is 6.61. The second-order valence-corrected chi connectivity index (χ2v) is 7.55. The predicted molar refractivity (Wildman–Crippen MR) is 110 cm³/mol. The summed E-state index contributed by atoms with van der Waals surface area (Å²) in [6, 6.07) is 15.6. The van der Waals surface area contributed by atoms with Gasteiger partial charge in [-0.2, -0.15) is 0 Å². The van der Waals surface area contributed by atoms with Crippen LogP contribution in [0.25, 0.3) is 11.4 Å². The third kappa shape index (κ3) is 3.20. The van der Waals surface area contributed by atoms with Crippen LogP contribution in [-0.4, -0.2) is 39.7 Å². The number of hydrogen-bond donors (Lipinski definition) is 1. The van der Waals surface area contributed by atoms with E-state index in [9.17, 15) is 4.79 Å². The predicted octanol–water partition coefficient (Wildman–Crippen LogP) is 2.74.